The fourth-order valence-electron chi connectivity index (χ4n) is 3.48. The molecule has 0 aliphatic carbocycles. The van der Waals surface area contributed by atoms with Crippen LogP contribution >= 0.6 is 0 Å². The van der Waals surface area contributed by atoms with Gasteiger partial charge < -0.3 is 9.88 Å². The number of amides is 1. The molecule has 3 heterocycles. The molecule has 0 atom stereocenters. The summed E-state index contributed by atoms with van der Waals surface area (Å²) in [5, 5.41) is 8.27. The fraction of sp³-hybridized carbons (Fsp3) is 0.0455. The minimum atomic E-state index is -0.124. The number of benzene rings is 2. The number of para-hydroxylation sites is 1. The topological polar surface area (TPSA) is 64.2 Å². The van der Waals surface area contributed by atoms with Crippen LogP contribution in [0.1, 0.15) is 0 Å². The molecule has 1 N–H and O–H groups in total. The molecule has 6 nitrogen and oxygen atoms in total. The van der Waals surface area contributed by atoms with Crippen LogP contribution < -0.4 is 5.32 Å². The van der Waals surface area contributed by atoms with Crippen molar-refractivity contribution in [3.05, 3.63) is 85.2 Å². The second kappa shape index (κ2) is 6.66. The minimum absolute atomic E-state index is 0.124. The zero-order valence-corrected chi connectivity index (χ0v) is 15.0. The van der Waals surface area contributed by atoms with Gasteiger partial charge in [0.2, 0.25) is 5.91 Å². The maximum Gasteiger partial charge on any atom is 0.245 e. The molecule has 0 spiro atoms. The Morgan fingerprint density at radius 2 is 1.75 bits per heavy atom. The number of fused-ring (bicyclic) bond motifs is 2. The van der Waals surface area contributed by atoms with Crippen LogP contribution in [0.25, 0.3) is 27.8 Å². The van der Waals surface area contributed by atoms with E-state index in [0.717, 1.165) is 22.2 Å². The second-order valence-electron chi connectivity index (χ2n) is 6.52. The predicted octanol–water partition coefficient (Wildman–Crippen LogP) is 3.99. The van der Waals surface area contributed by atoms with Crippen molar-refractivity contribution in [1.82, 2.24) is 19.2 Å². The molecule has 0 unspecified atom stereocenters. The molecule has 1 amide bonds. The van der Waals surface area contributed by atoms with Crippen molar-refractivity contribution in [1.29, 1.82) is 0 Å². The summed E-state index contributed by atoms with van der Waals surface area (Å²) in [6.07, 6.45) is 3.32. The van der Waals surface area contributed by atoms with E-state index < -0.39 is 0 Å². The molecule has 0 fully saturated rings. The fourth-order valence-corrected chi connectivity index (χ4v) is 3.48. The quantitative estimate of drug-likeness (QED) is 0.522. The first-order valence-electron chi connectivity index (χ1n) is 9.02. The highest BCUT2D eigenvalue weighted by Gasteiger charge is 2.14. The Morgan fingerprint density at radius 3 is 2.64 bits per heavy atom. The molecule has 3 aromatic heterocycles. The standard InChI is InChI=1S/C22H17N5O/c28-22(25-21-10-12-23-20-11-13-24-27(20)21)15-26-18-9-5-4-8-17(18)14-19(26)16-6-2-1-3-7-16/h1-14H,15H2,(H,25,28). The number of carbonyl (C=O) groups is 1. The van der Waals surface area contributed by atoms with Crippen LogP contribution in [0.15, 0.2) is 85.2 Å². The third-order valence-electron chi connectivity index (χ3n) is 4.74. The Balaban J connectivity index is 1.52. The van der Waals surface area contributed by atoms with E-state index >= 15 is 0 Å². The van der Waals surface area contributed by atoms with E-state index in [1.54, 1.807) is 29.0 Å². The van der Waals surface area contributed by atoms with E-state index in [2.05, 4.69) is 39.7 Å². The molecule has 0 bridgehead atoms. The van der Waals surface area contributed by atoms with Gasteiger partial charge in [0.25, 0.3) is 0 Å². The van der Waals surface area contributed by atoms with Crippen molar-refractivity contribution in [3.63, 3.8) is 0 Å². The van der Waals surface area contributed by atoms with Crippen LogP contribution in [-0.4, -0.2) is 25.1 Å². The number of carbonyl (C=O) groups excluding carboxylic acids is 1. The van der Waals surface area contributed by atoms with E-state index in [1.165, 1.54) is 0 Å². The van der Waals surface area contributed by atoms with Gasteiger partial charge in [0.05, 0.1) is 6.20 Å². The molecule has 0 saturated heterocycles. The lowest BCUT2D eigenvalue weighted by Crippen LogP contribution is -2.21. The van der Waals surface area contributed by atoms with Crippen LogP contribution in [0.2, 0.25) is 0 Å². The van der Waals surface area contributed by atoms with Gasteiger partial charge in [-0.1, -0.05) is 48.5 Å². The van der Waals surface area contributed by atoms with E-state index in [-0.39, 0.29) is 12.5 Å². The zero-order valence-electron chi connectivity index (χ0n) is 15.0. The van der Waals surface area contributed by atoms with Crippen LogP contribution in [-0.2, 0) is 11.3 Å². The lowest BCUT2D eigenvalue weighted by molar-refractivity contribution is -0.116. The van der Waals surface area contributed by atoms with Crippen LogP contribution in [0.3, 0.4) is 0 Å². The summed E-state index contributed by atoms with van der Waals surface area (Å²) in [6.45, 7) is 0.197. The zero-order chi connectivity index (χ0) is 18.9. The number of aromatic nitrogens is 4. The molecule has 6 heteroatoms. The average Bonchev–Trinajstić information content (AvgIpc) is 3.34. The number of hydrogen-bond acceptors (Lipinski definition) is 3. The highest BCUT2D eigenvalue weighted by Crippen LogP contribution is 2.28. The van der Waals surface area contributed by atoms with Crippen molar-refractivity contribution in [2.45, 2.75) is 6.54 Å². The van der Waals surface area contributed by atoms with Gasteiger partial charge in [-0.25, -0.2) is 4.98 Å². The Morgan fingerprint density at radius 1 is 0.929 bits per heavy atom. The van der Waals surface area contributed by atoms with Gasteiger partial charge in [-0.15, -0.1) is 0 Å². The molecule has 28 heavy (non-hydrogen) atoms. The SMILES string of the molecule is O=C(Cn1c(-c2ccccc2)cc2ccccc21)Nc1ccnc2ccnn12. The largest absolute Gasteiger partial charge is 0.331 e. The first-order chi connectivity index (χ1) is 13.8. The maximum atomic E-state index is 12.9. The summed E-state index contributed by atoms with van der Waals surface area (Å²) in [6, 6.07) is 23.8. The monoisotopic (exact) mass is 367 g/mol. The Labute approximate surface area is 161 Å². The van der Waals surface area contributed by atoms with Gasteiger partial charge in [-0.3, -0.25) is 4.79 Å². The summed E-state index contributed by atoms with van der Waals surface area (Å²) in [7, 11) is 0. The van der Waals surface area contributed by atoms with Gasteiger partial charge in [0, 0.05) is 28.9 Å². The summed E-state index contributed by atoms with van der Waals surface area (Å²) < 4.78 is 3.66. The molecular formula is C22H17N5O. The van der Waals surface area contributed by atoms with E-state index in [0.29, 0.717) is 11.5 Å². The van der Waals surface area contributed by atoms with Gasteiger partial charge in [0.15, 0.2) is 5.65 Å². The lowest BCUT2D eigenvalue weighted by atomic mass is 10.1. The molecule has 0 radical (unpaired) electrons. The third-order valence-corrected chi connectivity index (χ3v) is 4.74. The Hall–Kier alpha value is -3.93. The molecule has 5 aromatic rings. The molecule has 0 aliphatic rings. The van der Waals surface area contributed by atoms with Crippen molar-refractivity contribution in [2.24, 2.45) is 0 Å². The van der Waals surface area contributed by atoms with Crippen LogP contribution in [0.4, 0.5) is 5.82 Å². The minimum Gasteiger partial charge on any atom is -0.331 e. The summed E-state index contributed by atoms with van der Waals surface area (Å²) in [5.74, 6) is 0.472. The van der Waals surface area contributed by atoms with E-state index in [9.17, 15) is 4.79 Å². The predicted molar refractivity (Wildman–Crippen MR) is 109 cm³/mol. The van der Waals surface area contributed by atoms with E-state index in [4.69, 9.17) is 0 Å². The number of nitrogens with zero attached hydrogens (tertiary/aromatic N) is 4. The van der Waals surface area contributed by atoms with Crippen molar-refractivity contribution in [2.75, 3.05) is 5.32 Å². The normalized spacial score (nSPS) is 11.1. The number of rotatable bonds is 4. The molecule has 0 aliphatic heterocycles. The first-order valence-corrected chi connectivity index (χ1v) is 9.02. The van der Waals surface area contributed by atoms with Crippen molar-refractivity contribution < 1.29 is 4.79 Å². The van der Waals surface area contributed by atoms with Gasteiger partial charge in [-0.05, 0) is 23.8 Å². The van der Waals surface area contributed by atoms with E-state index in [1.807, 2.05) is 41.0 Å². The molecule has 0 saturated carbocycles. The summed E-state index contributed by atoms with van der Waals surface area (Å²) in [5.41, 5.74) is 3.80. The highest BCUT2D eigenvalue weighted by molar-refractivity contribution is 5.93. The molecule has 5 rings (SSSR count). The van der Waals surface area contributed by atoms with Gasteiger partial charge in [0.1, 0.15) is 12.4 Å². The highest BCUT2D eigenvalue weighted by atomic mass is 16.2. The van der Waals surface area contributed by atoms with Gasteiger partial charge >= 0.3 is 0 Å². The Bertz CT molecular complexity index is 1290. The second-order valence-corrected chi connectivity index (χ2v) is 6.52. The summed E-state index contributed by atoms with van der Waals surface area (Å²) >= 11 is 0. The van der Waals surface area contributed by atoms with Crippen molar-refractivity contribution in [3.8, 4) is 11.3 Å². The van der Waals surface area contributed by atoms with Crippen LogP contribution in [0.5, 0.6) is 0 Å². The molecule has 2 aromatic carbocycles. The van der Waals surface area contributed by atoms with Gasteiger partial charge in [-0.2, -0.15) is 9.61 Å². The lowest BCUT2D eigenvalue weighted by Gasteiger charge is -2.12. The average molecular weight is 367 g/mol. The smallest absolute Gasteiger partial charge is 0.245 e. The number of nitrogens with one attached hydrogen (secondary N) is 1. The maximum absolute atomic E-state index is 12.9. The van der Waals surface area contributed by atoms with Crippen LogP contribution in [0, 0.1) is 0 Å². The molecule has 136 valence electrons. The number of anilines is 1. The third kappa shape index (κ3) is 2.81. The number of hydrogen-bond donors (Lipinski definition) is 1. The summed E-state index contributed by atoms with van der Waals surface area (Å²) in [4.78, 5) is 17.1. The Kier molecular flexibility index (Phi) is 3.87. The first kappa shape index (κ1) is 16.3. The molecular weight excluding hydrogens is 350 g/mol. The van der Waals surface area contributed by atoms with Crippen molar-refractivity contribution >= 4 is 28.3 Å².